The largest absolute Gasteiger partial charge is 0.481 e. The molecule has 0 spiro atoms. The Morgan fingerprint density at radius 2 is 1.55 bits per heavy atom. The van der Waals surface area contributed by atoms with E-state index < -0.39 is 48.7 Å². The molecule has 5 rings (SSSR count). The number of carboxylic acid groups (broad SMARTS) is 2. The van der Waals surface area contributed by atoms with Crippen LogP contribution in [0.4, 0.5) is 0 Å². The first-order valence-corrected chi connectivity index (χ1v) is 16.2. The smallest absolute Gasteiger partial charge is 0.335 e. The third-order valence-electron chi connectivity index (χ3n) is 13.1. The summed E-state index contributed by atoms with van der Waals surface area (Å²) in [5.41, 5.74) is 0.104. The van der Waals surface area contributed by atoms with Gasteiger partial charge in [-0.25, -0.2) is 4.79 Å². The maximum absolute atomic E-state index is 12.1. The number of carboxylic acids is 2. The monoisotopic (exact) mass is 596 g/mol. The average Bonchev–Trinajstić information content (AvgIpc) is 3.29. The number of carbonyl (C=O) groups is 2. The van der Waals surface area contributed by atoms with Gasteiger partial charge >= 0.3 is 11.9 Å². The van der Waals surface area contributed by atoms with E-state index in [1.54, 1.807) is 0 Å². The number of aliphatic hydroxyl groups is 4. The maximum Gasteiger partial charge on any atom is 0.335 e. The normalized spacial score (nSPS) is 51.2. The van der Waals surface area contributed by atoms with Crippen molar-refractivity contribution in [1.29, 1.82) is 0 Å². The fourth-order valence-electron chi connectivity index (χ4n) is 10.9. The van der Waals surface area contributed by atoms with Gasteiger partial charge in [-0.2, -0.15) is 0 Å². The Morgan fingerprint density at radius 1 is 0.881 bits per heavy atom. The first-order valence-electron chi connectivity index (χ1n) is 16.2. The highest BCUT2D eigenvalue weighted by molar-refractivity contribution is 5.73. The quantitative estimate of drug-likeness (QED) is 0.229. The van der Waals surface area contributed by atoms with Crippen LogP contribution in [0.25, 0.3) is 0 Å². The lowest BCUT2D eigenvalue weighted by molar-refractivity contribution is -0.312. The Hall–Kier alpha value is -1.30. The number of aliphatic carboxylic acids is 2. The number of hydrogen-bond donors (Lipinski definition) is 6. The lowest BCUT2D eigenvalue weighted by atomic mass is 9.41. The van der Waals surface area contributed by atoms with E-state index in [1.165, 1.54) is 0 Å². The van der Waals surface area contributed by atoms with E-state index in [1.807, 2.05) is 0 Å². The van der Waals surface area contributed by atoms with Crippen LogP contribution in [0, 0.1) is 52.3 Å². The van der Waals surface area contributed by atoms with E-state index in [2.05, 4.69) is 27.7 Å². The summed E-state index contributed by atoms with van der Waals surface area (Å²) in [4.78, 5) is 22.8. The molecule has 0 aromatic carbocycles. The van der Waals surface area contributed by atoms with Crippen LogP contribution in [0.5, 0.6) is 0 Å². The van der Waals surface area contributed by atoms with E-state index in [0.717, 1.165) is 38.5 Å². The van der Waals surface area contributed by atoms with Crippen molar-refractivity contribution in [2.75, 3.05) is 0 Å². The highest BCUT2D eigenvalue weighted by Crippen LogP contribution is 2.69. The fraction of sp³-hybridized carbons (Fsp3) is 0.938. The third kappa shape index (κ3) is 5.21. The Kier molecular flexibility index (Phi) is 9.09. The van der Waals surface area contributed by atoms with Crippen molar-refractivity contribution in [3.63, 3.8) is 0 Å². The number of rotatable bonds is 8. The second-order valence-corrected chi connectivity index (χ2v) is 14.9. The highest BCUT2D eigenvalue weighted by Gasteiger charge is 2.65. The van der Waals surface area contributed by atoms with Gasteiger partial charge in [-0.3, -0.25) is 4.79 Å². The van der Waals surface area contributed by atoms with Crippen LogP contribution in [-0.2, 0) is 19.1 Å². The molecule has 240 valence electrons. The molecule has 0 aromatic rings. The molecule has 0 amide bonds. The molecular weight excluding hydrogens is 544 g/mol. The third-order valence-corrected chi connectivity index (χ3v) is 13.1. The summed E-state index contributed by atoms with van der Waals surface area (Å²) in [6.45, 7) is 9.14. The highest BCUT2D eigenvalue weighted by atomic mass is 16.7. The second-order valence-electron chi connectivity index (χ2n) is 14.9. The summed E-state index contributed by atoms with van der Waals surface area (Å²) < 4.78 is 11.6. The minimum absolute atomic E-state index is 0.00409. The molecule has 4 saturated carbocycles. The van der Waals surface area contributed by atoms with Gasteiger partial charge < -0.3 is 40.1 Å². The van der Waals surface area contributed by atoms with Gasteiger partial charge in [0.15, 0.2) is 12.4 Å². The zero-order valence-electron chi connectivity index (χ0n) is 25.5. The molecule has 1 saturated heterocycles. The number of ether oxygens (including phenoxy) is 2. The SMILES string of the molecule is CC[C@H]1[C@@H](O)[C@@H]2[C@H](CC[C@]3(C)[C@@H]([C@H](C)CCC(=O)O)CC[C@@H]23)[C@@]2(C)CC[C@@H](O[C@H]3O[C@H](C(=O)O)[C@@H](O)[C@@H](O)[C@H]3O)C[C@@H]12. The van der Waals surface area contributed by atoms with Crippen LogP contribution in [-0.4, -0.2) is 85.5 Å². The standard InChI is InChI=1S/C32H52O10/c1-5-17-21-14-16(41-30-27(38)25(36)26(37)28(42-30)29(39)40)10-12-32(21,4)20-11-13-31(3)18(15(2)6-9-22(33)34)7-8-19(31)23(20)24(17)35/h15-21,23-28,30,35-38H,5-14H2,1-4H3,(H,33,34)(H,39,40)/t15-,16-,17-,18-,19+,20+,21+,23+,24-,25-,26+,27-,28+,30+,31-,32-/m1/s1. The van der Waals surface area contributed by atoms with E-state index >= 15 is 0 Å². The molecule has 10 nitrogen and oxygen atoms in total. The predicted octanol–water partition coefficient (Wildman–Crippen LogP) is 3.03. The Bertz CT molecular complexity index is 1010. The zero-order chi connectivity index (χ0) is 30.7. The van der Waals surface area contributed by atoms with E-state index in [4.69, 9.17) is 9.47 Å². The fourth-order valence-corrected chi connectivity index (χ4v) is 10.9. The Balaban J connectivity index is 1.33. The van der Waals surface area contributed by atoms with Gasteiger partial charge in [0.1, 0.15) is 18.3 Å². The van der Waals surface area contributed by atoms with Crippen molar-refractivity contribution in [1.82, 2.24) is 0 Å². The van der Waals surface area contributed by atoms with Gasteiger partial charge in [-0.05, 0) is 104 Å². The molecule has 16 atom stereocenters. The minimum Gasteiger partial charge on any atom is -0.481 e. The molecule has 4 aliphatic carbocycles. The number of fused-ring (bicyclic) bond motifs is 5. The van der Waals surface area contributed by atoms with Crippen molar-refractivity contribution in [2.24, 2.45) is 52.3 Å². The Morgan fingerprint density at radius 3 is 2.19 bits per heavy atom. The first-order chi connectivity index (χ1) is 19.7. The minimum atomic E-state index is -1.76. The van der Waals surface area contributed by atoms with Gasteiger partial charge in [-0.1, -0.05) is 34.1 Å². The summed E-state index contributed by atoms with van der Waals surface area (Å²) in [7, 11) is 0. The summed E-state index contributed by atoms with van der Waals surface area (Å²) in [6.07, 6.45) is -0.617. The van der Waals surface area contributed by atoms with Crippen molar-refractivity contribution in [3.05, 3.63) is 0 Å². The molecule has 0 bridgehead atoms. The van der Waals surface area contributed by atoms with Crippen LogP contribution in [0.2, 0.25) is 0 Å². The van der Waals surface area contributed by atoms with Crippen molar-refractivity contribution >= 4 is 11.9 Å². The van der Waals surface area contributed by atoms with Crippen LogP contribution < -0.4 is 0 Å². The van der Waals surface area contributed by atoms with Crippen molar-refractivity contribution < 1.29 is 49.7 Å². The number of hydrogen-bond acceptors (Lipinski definition) is 8. The van der Waals surface area contributed by atoms with Crippen molar-refractivity contribution in [2.45, 2.75) is 135 Å². The van der Waals surface area contributed by atoms with E-state index in [-0.39, 0.29) is 41.1 Å². The van der Waals surface area contributed by atoms with Gasteiger partial charge in [-0.15, -0.1) is 0 Å². The van der Waals surface area contributed by atoms with Crippen LogP contribution in [0.3, 0.4) is 0 Å². The molecule has 0 aromatic heterocycles. The molecule has 10 heteroatoms. The molecular formula is C32H52O10. The summed E-state index contributed by atoms with van der Waals surface area (Å²) in [6, 6.07) is 0. The molecule has 1 heterocycles. The topological polar surface area (TPSA) is 174 Å². The van der Waals surface area contributed by atoms with Gasteiger partial charge in [0, 0.05) is 6.42 Å². The van der Waals surface area contributed by atoms with Crippen LogP contribution in [0.1, 0.15) is 91.9 Å². The average molecular weight is 597 g/mol. The van der Waals surface area contributed by atoms with E-state index in [0.29, 0.717) is 42.9 Å². The van der Waals surface area contributed by atoms with Gasteiger partial charge in [0.05, 0.1) is 12.2 Å². The first kappa shape index (κ1) is 32.1. The van der Waals surface area contributed by atoms with Gasteiger partial charge in [0.2, 0.25) is 0 Å². The van der Waals surface area contributed by atoms with Gasteiger partial charge in [0.25, 0.3) is 0 Å². The second kappa shape index (κ2) is 11.9. The van der Waals surface area contributed by atoms with Crippen molar-refractivity contribution in [3.8, 4) is 0 Å². The van der Waals surface area contributed by atoms with Crippen LogP contribution >= 0.6 is 0 Å². The predicted molar refractivity (Wildman–Crippen MR) is 151 cm³/mol. The molecule has 5 fully saturated rings. The molecule has 0 radical (unpaired) electrons. The molecule has 5 aliphatic rings. The summed E-state index contributed by atoms with van der Waals surface area (Å²) in [5.74, 6) is -0.115. The molecule has 1 aliphatic heterocycles. The molecule has 6 N–H and O–H groups in total. The summed E-state index contributed by atoms with van der Waals surface area (Å²) in [5, 5.41) is 61.6. The lowest BCUT2D eigenvalue weighted by Gasteiger charge is -2.65. The Labute approximate surface area is 248 Å². The van der Waals surface area contributed by atoms with E-state index in [9.17, 15) is 40.2 Å². The molecule has 42 heavy (non-hydrogen) atoms. The summed E-state index contributed by atoms with van der Waals surface area (Å²) >= 11 is 0. The number of aliphatic hydroxyl groups excluding tert-OH is 4. The molecule has 0 unspecified atom stereocenters. The van der Waals surface area contributed by atoms with Crippen LogP contribution in [0.15, 0.2) is 0 Å². The zero-order valence-corrected chi connectivity index (χ0v) is 25.5. The lowest BCUT2D eigenvalue weighted by Crippen LogP contribution is -2.63. The maximum atomic E-state index is 12.1.